The van der Waals surface area contributed by atoms with Gasteiger partial charge in [0, 0.05) is 43.4 Å². The molecule has 5 heterocycles. The molecule has 0 aliphatic carbocycles. The minimum atomic E-state index is -0.105. The monoisotopic (exact) mass is 410 g/mol. The van der Waals surface area contributed by atoms with Crippen LogP contribution in [0.15, 0.2) is 33.9 Å². The number of nitrogens with zero attached hydrogens (tertiary/aromatic N) is 4. The van der Waals surface area contributed by atoms with Gasteiger partial charge in [0.2, 0.25) is 5.76 Å². The molecule has 0 radical (unpaired) electrons. The number of rotatable bonds is 3. The molecule has 2 fully saturated rings. The van der Waals surface area contributed by atoms with Crippen molar-refractivity contribution in [3.63, 3.8) is 0 Å². The predicted molar refractivity (Wildman–Crippen MR) is 112 cm³/mol. The smallest absolute Gasteiger partial charge is 0.291 e. The van der Waals surface area contributed by atoms with Crippen LogP contribution in [0.4, 0.5) is 0 Å². The van der Waals surface area contributed by atoms with Crippen LogP contribution in [0, 0.1) is 5.92 Å². The van der Waals surface area contributed by atoms with Crippen molar-refractivity contribution in [2.24, 2.45) is 5.92 Å². The van der Waals surface area contributed by atoms with Gasteiger partial charge in [0.1, 0.15) is 0 Å². The molecule has 2 saturated heterocycles. The van der Waals surface area contributed by atoms with Crippen molar-refractivity contribution in [1.82, 2.24) is 19.4 Å². The third-order valence-corrected chi connectivity index (χ3v) is 6.96. The van der Waals surface area contributed by atoms with Crippen LogP contribution in [-0.2, 0) is 13.1 Å². The summed E-state index contributed by atoms with van der Waals surface area (Å²) in [5.41, 5.74) is 2.15. The summed E-state index contributed by atoms with van der Waals surface area (Å²) < 4.78 is 7.20. The number of carbonyl (C=O) groups excluding carboxylic acids is 1. The molecule has 0 unspecified atom stereocenters. The average molecular weight is 411 g/mol. The van der Waals surface area contributed by atoms with Crippen molar-refractivity contribution in [2.45, 2.75) is 57.5 Å². The minimum absolute atomic E-state index is 0.105. The zero-order valence-corrected chi connectivity index (χ0v) is 17.5. The van der Waals surface area contributed by atoms with Crippen molar-refractivity contribution in [3.8, 4) is 0 Å². The molecule has 2 bridgehead atoms. The van der Waals surface area contributed by atoms with Crippen LogP contribution in [0.3, 0.4) is 0 Å². The van der Waals surface area contributed by atoms with E-state index in [1.807, 2.05) is 15.5 Å². The maximum Gasteiger partial charge on any atom is 0.291 e. The maximum absolute atomic E-state index is 13.3. The third-order valence-electron chi connectivity index (χ3n) is 6.96. The summed E-state index contributed by atoms with van der Waals surface area (Å²) >= 11 is 0. The van der Waals surface area contributed by atoms with E-state index in [1.165, 1.54) is 44.7 Å². The Morgan fingerprint density at radius 2 is 1.87 bits per heavy atom. The van der Waals surface area contributed by atoms with Crippen LogP contribution in [0.5, 0.6) is 0 Å². The second-order valence-corrected chi connectivity index (χ2v) is 9.12. The van der Waals surface area contributed by atoms with Crippen LogP contribution in [0.25, 0.3) is 0 Å². The third kappa shape index (κ3) is 3.83. The molecule has 0 N–H and O–H groups in total. The van der Waals surface area contributed by atoms with Crippen LogP contribution in [0.1, 0.15) is 66.3 Å². The molecule has 5 rings (SSSR count). The highest BCUT2D eigenvalue weighted by Gasteiger charge is 2.37. The molecule has 7 nitrogen and oxygen atoms in total. The molecule has 0 saturated carbocycles. The maximum atomic E-state index is 13.3. The number of pyridine rings is 1. The molecule has 1 amide bonds. The summed E-state index contributed by atoms with van der Waals surface area (Å²) in [4.78, 5) is 34.2. The van der Waals surface area contributed by atoms with Gasteiger partial charge >= 0.3 is 0 Å². The molecule has 3 aliphatic heterocycles. The first-order valence-corrected chi connectivity index (χ1v) is 11.3. The van der Waals surface area contributed by atoms with E-state index in [-0.39, 0.29) is 23.1 Å². The first-order chi connectivity index (χ1) is 14.7. The van der Waals surface area contributed by atoms with E-state index in [0.717, 1.165) is 37.3 Å². The standard InChI is InChI=1S/C23H30N4O3/c28-22-18(14-25-8-4-2-1-3-5-9-25)6-7-20-19-10-17(13-27(20)22)12-26(15-19)23(29)21-11-24-16-30-21/h6-7,11,16-17,19H,1-5,8-10,12-15H2/t17-,19+/m0/s1. The predicted octanol–water partition coefficient (Wildman–Crippen LogP) is 2.86. The fourth-order valence-corrected chi connectivity index (χ4v) is 5.47. The number of piperidine rings is 1. The fraction of sp³-hybridized carbons (Fsp3) is 0.609. The number of amides is 1. The van der Waals surface area contributed by atoms with Gasteiger partial charge in [-0.15, -0.1) is 0 Å². The van der Waals surface area contributed by atoms with E-state index in [4.69, 9.17) is 4.42 Å². The largest absolute Gasteiger partial charge is 0.438 e. The van der Waals surface area contributed by atoms with Crippen LogP contribution >= 0.6 is 0 Å². The lowest BCUT2D eigenvalue weighted by Gasteiger charge is -2.42. The van der Waals surface area contributed by atoms with Crippen molar-refractivity contribution in [1.29, 1.82) is 0 Å². The number of likely N-dealkylation sites (tertiary alicyclic amines) is 2. The number of oxazole rings is 1. The number of aromatic nitrogens is 2. The van der Waals surface area contributed by atoms with Crippen LogP contribution in [0.2, 0.25) is 0 Å². The van der Waals surface area contributed by atoms with E-state index >= 15 is 0 Å². The average Bonchev–Trinajstić information content (AvgIpc) is 3.26. The summed E-state index contributed by atoms with van der Waals surface area (Å²) in [5.74, 6) is 0.688. The lowest BCUT2D eigenvalue weighted by atomic mass is 9.83. The highest BCUT2D eigenvalue weighted by Crippen LogP contribution is 2.35. The molecule has 2 aromatic heterocycles. The highest BCUT2D eigenvalue weighted by atomic mass is 16.3. The van der Waals surface area contributed by atoms with Crippen molar-refractivity contribution < 1.29 is 9.21 Å². The molecule has 0 spiro atoms. The van der Waals surface area contributed by atoms with Gasteiger partial charge in [0.15, 0.2) is 6.39 Å². The van der Waals surface area contributed by atoms with Gasteiger partial charge in [0.25, 0.3) is 11.5 Å². The first-order valence-electron chi connectivity index (χ1n) is 11.3. The number of hydrogen-bond donors (Lipinski definition) is 0. The lowest BCUT2D eigenvalue weighted by molar-refractivity contribution is 0.0563. The lowest BCUT2D eigenvalue weighted by Crippen LogP contribution is -2.49. The van der Waals surface area contributed by atoms with Gasteiger partial charge < -0.3 is 13.9 Å². The van der Waals surface area contributed by atoms with Crippen molar-refractivity contribution in [2.75, 3.05) is 26.2 Å². The molecule has 160 valence electrons. The molecule has 7 heteroatoms. The summed E-state index contributed by atoms with van der Waals surface area (Å²) in [7, 11) is 0. The normalized spacial score (nSPS) is 24.7. The first kappa shape index (κ1) is 19.5. The zero-order valence-electron chi connectivity index (χ0n) is 17.5. The van der Waals surface area contributed by atoms with Crippen molar-refractivity contribution >= 4 is 5.91 Å². The Kier molecular flexibility index (Phi) is 5.46. The summed E-state index contributed by atoms with van der Waals surface area (Å²) in [6.07, 6.45) is 10.2. The molecule has 2 atom stereocenters. The van der Waals surface area contributed by atoms with E-state index < -0.39 is 0 Å². The molecular formula is C23H30N4O3. The summed E-state index contributed by atoms with van der Waals surface area (Å²) in [5, 5.41) is 0. The van der Waals surface area contributed by atoms with Gasteiger partial charge in [-0.3, -0.25) is 14.5 Å². The Balaban J connectivity index is 1.34. The zero-order chi connectivity index (χ0) is 20.5. The minimum Gasteiger partial charge on any atom is -0.438 e. The Morgan fingerprint density at radius 3 is 2.63 bits per heavy atom. The number of hydrogen-bond acceptors (Lipinski definition) is 5. The molecular weight excluding hydrogens is 380 g/mol. The van der Waals surface area contributed by atoms with Gasteiger partial charge in [0.05, 0.1) is 6.20 Å². The second kappa shape index (κ2) is 8.38. The quantitative estimate of drug-likeness (QED) is 0.778. The van der Waals surface area contributed by atoms with Crippen molar-refractivity contribution in [3.05, 3.63) is 52.1 Å². The topological polar surface area (TPSA) is 71.6 Å². The Labute approximate surface area is 176 Å². The summed E-state index contributed by atoms with van der Waals surface area (Å²) in [6.45, 7) is 4.92. The SMILES string of the molecule is O=C(c1cnco1)N1C[C@@H]2C[C@H](C1)c1ccc(CN3CCCCCCC3)c(=O)n1C2. The molecule has 3 aliphatic rings. The molecule has 0 aromatic carbocycles. The summed E-state index contributed by atoms with van der Waals surface area (Å²) in [6, 6.07) is 4.16. The Hall–Kier alpha value is -2.41. The van der Waals surface area contributed by atoms with Gasteiger partial charge in [-0.25, -0.2) is 4.98 Å². The fourth-order valence-electron chi connectivity index (χ4n) is 5.47. The van der Waals surface area contributed by atoms with E-state index in [2.05, 4.69) is 16.0 Å². The number of carbonyl (C=O) groups is 1. The van der Waals surface area contributed by atoms with E-state index in [0.29, 0.717) is 25.6 Å². The molecule has 30 heavy (non-hydrogen) atoms. The van der Waals surface area contributed by atoms with E-state index in [1.54, 1.807) is 0 Å². The Morgan fingerprint density at radius 1 is 1.07 bits per heavy atom. The van der Waals surface area contributed by atoms with Gasteiger partial charge in [-0.05, 0) is 44.3 Å². The van der Waals surface area contributed by atoms with Crippen LogP contribution in [-0.4, -0.2) is 51.4 Å². The second-order valence-electron chi connectivity index (χ2n) is 9.12. The van der Waals surface area contributed by atoms with E-state index in [9.17, 15) is 9.59 Å². The number of fused-ring (bicyclic) bond motifs is 4. The van der Waals surface area contributed by atoms with Gasteiger partial charge in [-0.1, -0.05) is 25.3 Å². The Bertz CT molecular complexity index is 944. The highest BCUT2D eigenvalue weighted by molar-refractivity contribution is 5.91. The van der Waals surface area contributed by atoms with Gasteiger partial charge in [-0.2, -0.15) is 0 Å². The van der Waals surface area contributed by atoms with Crippen LogP contribution < -0.4 is 5.56 Å². The molecule has 2 aromatic rings.